The molecule has 6 heteroatoms. The highest BCUT2D eigenvalue weighted by Gasteiger charge is 1.98. The molecule has 0 saturated carbocycles. The van der Waals surface area contributed by atoms with Gasteiger partial charge in [-0.2, -0.15) is 5.10 Å². The van der Waals surface area contributed by atoms with Crippen LogP contribution >= 0.6 is 0 Å². The predicted octanol–water partition coefficient (Wildman–Crippen LogP) is 2.23. The molecule has 0 spiro atoms. The molecule has 0 aromatic heterocycles. The van der Waals surface area contributed by atoms with Crippen molar-refractivity contribution in [1.82, 2.24) is 0 Å². The minimum atomic E-state index is -0.310. The standard InChI is InChI=1S/C14H13FN4O/c15-11-4-6-12(7-5-11)20-13-3-1-2-10(8-13)9-18-19-14(16)17/h1-9H,(H4,16,17,19). The van der Waals surface area contributed by atoms with Crippen molar-refractivity contribution in [1.29, 1.82) is 0 Å². The first-order chi connectivity index (χ1) is 9.63. The van der Waals surface area contributed by atoms with Crippen molar-refractivity contribution in [2.75, 3.05) is 0 Å². The van der Waals surface area contributed by atoms with Gasteiger partial charge in [0, 0.05) is 0 Å². The second-order valence-electron chi connectivity index (χ2n) is 3.90. The summed E-state index contributed by atoms with van der Waals surface area (Å²) in [4.78, 5) is 0. The van der Waals surface area contributed by atoms with Crippen molar-refractivity contribution in [3.8, 4) is 11.5 Å². The van der Waals surface area contributed by atoms with E-state index in [-0.39, 0.29) is 11.8 Å². The molecule has 20 heavy (non-hydrogen) atoms. The topological polar surface area (TPSA) is 86.0 Å². The molecule has 2 aromatic rings. The first-order valence-corrected chi connectivity index (χ1v) is 5.79. The van der Waals surface area contributed by atoms with Crippen LogP contribution in [0.25, 0.3) is 0 Å². The normalized spacial score (nSPS) is 10.4. The SMILES string of the molecule is NC(N)=NN=Cc1cccc(Oc2ccc(F)cc2)c1. The van der Waals surface area contributed by atoms with E-state index >= 15 is 0 Å². The van der Waals surface area contributed by atoms with Crippen molar-refractivity contribution in [2.45, 2.75) is 0 Å². The third-order valence-corrected chi connectivity index (χ3v) is 2.29. The fraction of sp³-hybridized carbons (Fsp3) is 0. The molecule has 0 fully saturated rings. The first-order valence-electron chi connectivity index (χ1n) is 5.79. The monoisotopic (exact) mass is 272 g/mol. The lowest BCUT2D eigenvalue weighted by Gasteiger charge is -2.05. The lowest BCUT2D eigenvalue weighted by molar-refractivity contribution is 0.480. The minimum absolute atomic E-state index is 0.111. The summed E-state index contributed by atoms with van der Waals surface area (Å²) in [7, 11) is 0. The van der Waals surface area contributed by atoms with Crippen LogP contribution in [0.2, 0.25) is 0 Å². The van der Waals surface area contributed by atoms with E-state index in [1.54, 1.807) is 30.3 Å². The zero-order valence-corrected chi connectivity index (χ0v) is 10.5. The van der Waals surface area contributed by atoms with Gasteiger partial charge < -0.3 is 16.2 Å². The molecule has 0 unspecified atom stereocenters. The summed E-state index contributed by atoms with van der Waals surface area (Å²) in [5.74, 6) is 0.727. The van der Waals surface area contributed by atoms with Gasteiger partial charge in [-0.15, -0.1) is 5.10 Å². The lowest BCUT2D eigenvalue weighted by atomic mass is 10.2. The van der Waals surface area contributed by atoms with Gasteiger partial charge in [-0.1, -0.05) is 12.1 Å². The Kier molecular flexibility index (Phi) is 4.28. The Labute approximate surface area is 115 Å². The van der Waals surface area contributed by atoms with Gasteiger partial charge >= 0.3 is 0 Å². The zero-order chi connectivity index (χ0) is 14.4. The van der Waals surface area contributed by atoms with Crippen LogP contribution in [0.5, 0.6) is 11.5 Å². The van der Waals surface area contributed by atoms with Crippen molar-refractivity contribution < 1.29 is 9.13 Å². The summed E-state index contributed by atoms with van der Waals surface area (Å²) >= 11 is 0. The van der Waals surface area contributed by atoms with Gasteiger partial charge in [-0.25, -0.2) is 4.39 Å². The van der Waals surface area contributed by atoms with E-state index in [9.17, 15) is 4.39 Å². The molecule has 0 atom stereocenters. The van der Waals surface area contributed by atoms with Crippen LogP contribution in [0.4, 0.5) is 4.39 Å². The molecule has 0 bridgehead atoms. The highest BCUT2D eigenvalue weighted by Crippen LogP contribution is 2.21. The molecule has 0 radical (unpaired) electrons. The van der Waals surface area contributed by atoms with E-state index in [1.165, 1.54) is 18.3 Å². The molecule has 0 aliphatic heterocycles. The fourth-order valence-electron chi connectivity index (χ4n) is 1.46. The maximum absolute atomic E-state index is 12.8. The molecule has 0 aliphatic carbocycles. The van der Waals surface area contributed by atoms with E-state index in [0.717, 1.165) is 5.56 Å². The van der Waals surface area contributed by atoms with Crippen LogP contribution in [0, 0.1) is 5.82 Å². The van der Waals surface area contributed by atoms with E-state index in [4.69, 9.17) is 16.2 Å². The number of ether oxygens (including phenoxy) is 1. The molecule has 102 valence electrons. The Bertz CT molecular complexity index is 634. The second kappa shape index (κ2) is 6.33. The van der Waals surface area contributed by atoms with E-state index in [1.807, 2.05) is 6.07 Å². The van der Waals surface area contributed by atoms with Gasteiger partial charge in [-0.3, -0.25) is 0 Å². The van der Waals surface area contributed by atoms with Crippen LogP contribution in [-0.2, 0) is 0 Å². The molecule has 0 saturated heterocycles. The van der Waals surface area contributed by atoms with Gasteiger partial charge in [0.05, 0.1) is 6.21 Å². The molecule has 4 N–H and O–H groups in total. The lowest BCUT2D eigenvalue weighted by Crippen LogP contribution is -2.21. The summed E-state index contributed by atoms with van der Waals surface area (Å²) in [6, 6.07) is 12.9. The summed E-state index contributed by atoms with van der Waals surface area (Å²) in [5, 5.41) is 7.21. The number of rotatable bonds is 4. The highest BCUT2D eigenvalue weighted by atomic mass is 19.1. The summed E-state index contributed by atoms with van der Waals surface area (Å²) < 4.78 is 18.4. The van der Waals surface area contributed by atoms with Crippen molar-refractivity contribution in [2.24, 2.45) is 21.7 Å². The number of nitrogens with two attached hydrogens (primary N) is 2. The number of nitrogens with zero attached hydrogens (tertiary/aromatic N) is 2. The van der Waals surface area contributed by atoms with Gasteiger partial charge in [0.25, 0.3) is 0 Å². The van der Waals surface area contributed by atoms with Crippen LogP contribution in [0.1, 0.15) is 5.56 Å². The third-order valence-electron chi connectivity index (χ3n) is 2.29. The number of benzene rings is 2. The quantitative estimate of drug-likeness (QED) is 0.508. The third kappa shape index (κ3) is 4.09. The average molecular weight is 272 g/mol. The Hall–Kier alpha value is -2.89. The largest absolute Gasteiger partial charge is 0.457 e. The van der Waals surface area contributed by atoms with Crippen molar-refractivity contribution >= 4 is 12.2 Å². The molecule has 0 heterocycles. The number of hydrogen-bond acceptors (Lipinski definition) is 3. The van der Waals surface area contributed by atoms with Crippen LogP contribution < -0.4 is 16.2 Å². The van der Waals surface area contributed by atoms with Crippen LogP contribution in [0.15, 0.2) is 58.7 Å². The maximum atomic E-state index is 12.8. The van der Waals surface area contributed by atoms with Crippen LogP contribution in [-0.4, -0.2) is 12.2 Å². The highest BCUT2D eigenvalue weighted by molar-refractivity contribution is 5.82. The van der Waals surface area contributed by atoms with Gasteiger partial charge in [0.1, 0.15) is 17.3 Å². The Morgan fingerprint density at radius 2 is 1.80 bits per heavy atom. The summed E-state index contributed by atoms with van der Waals surface area (Å²) in [5.41, 5.74) is 11.1. The molecular formula is C14H13FN4O. The van der Waals surface area contributed by atoms with Gasteiger partial charge in [0.15, 0.2) is 0 Å². The Balaban J connectivity index is 2.11. The molecule has 2 rings (SSSR count). The molecule has 0 aliphatic rings. The number of hydrogen-bond donors (Lipinski definition) is 2. The number of halogens is 1. The minimum Gasteiger partial charge on any atom is -0.457 e. The Morgan fingerprint density at radius 1 is 1.05 bits per heavy atom. The smallest absolute Gasteiger partial charge is 0.211 e. The van der Waals surface area contributed by atoms with Crippen molar-refractivity contribution in [3.63, 3.8) is 0 Å². The summed E-state index contributed by atoms with van der Waals surface area (Å²) in [6.45, 7) is 0. The maximum Gasteiger partial charge on any atom is 0.211 e. The molecular weight excluding hydrogens is 259 g/mol. The summed E-state index contributed by atoms with van der Waals surface area (Å²) in [6.07, 6.45) is 1.50. The van der Waals surface area contributed by atoms with E-state index < -0.39 is 0 Å². The van der Waals surface area contributed by atoms with Gasteiger partial charge in [-0.05, 0) is 42.0 Å². The average Bonchev–Trinajstić information content (AvgIpc) is 2.41. The first kappa shape index (κ1) is 13.5. The zero-order valence-electron chi connectivity index (χ0n) is 10.5. The van der Waals surface area contributed by atoms with E-state index in [0.29, 0.717) is 11.5 Å². The van der Waals surface area contributed by atoms with Gasteiger partial charge in [0.2, 0.25) is 5.96 Å². The van der Waals surface area contributed by atoms with E-state index in [2.05, 4.69) is 10.2 Å². The molecule has 0 amide bonds. The molecule has 5 nitrogen and oxygen atoms in total. The Morgan fingerprint density at radius 3 is 2.50 bits per heavy atom. The van der Waals surface area contributed by atoms with Crippen molar-refractivity contribution in [3.05, 3.63) is 59.9 Å². The second-order valence-corrected chi connectivity index (χ2v) is 3.90. The fourth-order valence-corrected chi connectivity index (χ4v) is 1.46. The predicted molar refractivity (Wildman–Crippen MR) is 76.3 cm³/mol. The molecule has 2 aromatic carbocycles. The number of guanidine groups is 1. The van der Waals surface area contributed by atoms with Crippen LogP contribution in [0.3, 0.4) is 0 Å².